The molecule has 0 bridgehead atoms. The molecule has 0 radical (unpaired) electrons. The van der Waals surface area contributed by atoms with E-state index < -0.39 is 41.9 Å². The van der Waals surface area contributed by atoms with Crippen molar-refractivity contribution in [1.29, 1.82) is 0 Å². The summed E-state index contributed by atoms with van der Waals surface area (Å²) in [5.41, 5.74) is 0.746. The minimum absolute atomic E-state index is 0.0348. The average molecular weight is 460 g/mol. The van der Waals surface area contributed by atoms with E-state index in [0.29, 0.717) is 6.42 Å². The molecule has 8 nitrogen and oxygen atoms in total. The molecule has 1 amide bonds. The fraction of sp³-hybridized carbons (Fsp3) is 0.458. The van der Waals surface area contributed by atoms with Gasteiger partial charge in [0.25, 0.3) is 5.56 Å². The first-order valence-electron chi connectivity index (χ1n) is 10.8. The van der Waals surface area contributed by atoms with E-state index in [0.717, 1.165) is 15.8 Å². The summed E-state index contributed by atoms with van der Waals surface area (Å²) in [4.78, 5) is 49.5. The molecule has 178 valence electrons. The normalized spacial score (nSPS) is 13.2. The van der Waals surface area contributed by atoms with Gasteiger partial charge in [-0.2, -0.15) is 5.10 Å². The Morgan fingerprint density at radius 1 is 1.21 bits per heavy atom. The molecule has 2 atom stereocenters. The van der Waals surface area contributed by atoms with Crippen LogP contribution in [0.3, 0.4) is 0 Å². The van der Waals surface area contributed by atoms with Gasteiger partial charge in [-0.05, 0) is 29.0 Å². The van der Waals surface area contributed by atoms with Crippen molar-refractivity contribution < 1.29 is 23.9 Å². The first kappa shape index (κ1) is 25.9. The van der Waals surface area contributed by atoms with Crippen molar-refractivity contribution in [2.24, 2.45) is 0 Å². The first-order chi connectivity index (χ1) is 15.5. The third-order valence-electron chi connectivity index (χ3n) is 5.27. The van der Waals surface area contributed by atoms with Crippen molar-refractivity contribution in [1.82, 2.24) is 15.1 Å². The fourth-order valence-electron chi connectivity index (χ4n) is 3.49. The molecule has 0 aliphatic carbocycles. The molecule has 1 aromatic carbocycles. The maximum absolute atomic E-state index is 13.2. The Morgan fingerprint density at radius 3 is 2.48 bits per heavy atom. The number of alkyl halides is 1. The predicted octanol–water partition coefficient (Wildman–Crippen LogP) is 2.58. The zero-order chi connectivity index (χ0) is 24.8. The number of ketones is 1. The number of benzene rings is 1. The number of carboxylic acid groups (broad SMARTS) is 1. The lowest BCUT2D eigenvalue weighted by Crippen LogP contribution is -2.49. The number of carbonyl (C=O) groups excluding carboxylic acids is 2. The highest BCUT2D eigenvalue weighted by molar-refractivity contribution is 5.95. The standard InChI is InChI=1S/C24H30FN3O5/c1-5-7-19(30)27-21(18(29)13-25)20(23(32)33)17-10-11-26-28(22(17)31)14-15-8-6-9-16(12-15)24(2,3)4/h6,8-12,20-21H,5,7,13-14H2,1-4H3,(H,27,30)(H,32,33). The summed E-state index contributed by atoms with van der Waals surface area (Å²) in [6, 6.07) is 7.08. The number of halogens is 1. The zero-order valence-corrected chi connectivity index (χ0v) is 19.3. The lowest BCUT2D eigenvalue weighted by molar-refractivity contribution is -0.142. The summed E-state index contributed by atoms with van der Waals surface area (Å²) in [6.45, 7) is 6.51. The minimum atomic E-state index is -1.75. The Morgan fingerprint density at radius 2 is 1.91 bits per heavy atom. The maximum Gasteiger partial charge on any atom is 0.313 e. The van der Waals surface area contributed by atoms with E-state index in [2.05, 4.69) is 31.2 Å². The second-order valence-corrected chi connectivity index (χ2v) is 8.91. The predicted molar refractivity (Wildman–Crippen MR) is 121 cm³/mol. The van der Waals surface area contributed by atoms with Crippen LogP contribution < -0.4 is 10.9 Å². The van der Waals surface area contributed by atoms with Crippen LogP contribution in [0, 0.1) is 0 Å². The second kappa shape index (κ2) is 11.0. The number of hydrogen-bond acceptors (Lipinski definition) is 5. The Hall–Kier alpha value is -3.36. The second-order valence-electron chi connectivity index (χ2n) is 8.91. The van der Waals surface area contributed by atoms with Gasteiger partial charge in [-0.15, -0.1) is 0 Å². The summed E-state index contributed by atoms with van der Waals surface area (Å²) in [5, 5.41) is 16.2. The molecule has 9 heteroatoms. The molecule has 0 aliphatic rings. The van der Waals surface area contributed by atoms with Gasteiger partial charge in [0, 0.05) is 18.2 Å². The number of carboxylic acids is 1. The van der Waals surface area contributed by atoms with Crippen molar-refractivity contribution in [2.75, 3.05) is 6.67 Å². The number of hydrogen-bond donors (Lipinski definition) is 2. The number of nitrogens with one attached hydrogen (secondary N) is 1. The molecule has 2 rings (SSSR count). The molecule has 0 spiro atoms. The first-order valence-corrected chi connectivity index (χ1v) is 10.8. The molecular formula is C24H30FN3O5. The van der Waals surface area contributed by atoms with Gasteiger partial charge in [0.15, 0.2) is 5.78 Å². The highest BCUT2D eigenvalue weighted by atomic mass is 19.1. The molecule has 0 saturated heterocycles. The topological polar surface area (TPSA) is 118 Å². The third-order valence-corrected chi connectivity index (χ3v) is 5.27. The van der Waals surface area contributed by atoms with Crippen LogP contribution in [-0.2, 0) is 26.3 Å². The third kappa shape index (κ3) is 6.57. The van der Waals surface area contributed by atoms with Crippen LogP contribution in [0.25, 0.3) is 0 Å². The van der Waals surface area contributed by atoms with Gasteiger partial charge in [0.1, 0.15) is 18.6 Å². The lowest BCUT2D eigenvalue weighted by atomic mass is 9.86. The molecule has 2 N–H and O–H groups in total. The summed E-state index contributed by atoms with van der Waals surface area (Å²) < 4.78 is 14.3. The average Bonchev–Trinajstić information content (AvgIpc) is 2.74. The van der Waals surface area contributed by atoms with Crippen molar-refractivity contribution in [3.8, 4) is 0 Å². The lowest BCUT2D eigenvalue weighted by Gasteiger charge is -2.23. The Balaban J connectivity index is 2.48. The maximum atomic E-state index is 13.2. The molecule has 0 fully saturated rings. The van der Waals surface area contributed by atoms with Gasteiger partial charge >= 0.3 is 5.97 Å². The number of Topliss-reactive ketones (excluding diaryl/α,β-unsaturated/α-hetero) is 1. The molecule has 0 saturated carbocycles. The van der Waals surface area contributed by atoms with Gasteiger partial charge in [0.05, 0.1) is 6.54 Å². The van der Waals surface area contributed by atoms with E-state index >= 15 is 0 Å². The van der Waals surface area contributed by atoms with Gasteiger partial charge in [-0.1, -0.05) is 52.0 Å². The molecule has 1 heterocycles. The molecular weight excluding hydrogens is 429 g/mol. The van der Waals surface area contributed by atoms with Crippen LogP contribution in [0.4, 0.5) is 4.39 Å². The van der Waals surface area contributed by atoms with Crippen LogP contribution >= 0.6 is 0 Å². The van der Waals surface area contributed by atoms with Crippen molar-refractivity contribution >= 4 is 17.7 Å². The van der Waals surface area contributed by atoms with Gasteiger partial charge in [-0.25, -0.2) is 9.07 Å². The quantitative estimate of drug-likeness (QED) is 0.564. The molecule has 33 heavy (non-hydrogen) atoms. The molecule has 1 aromatic heterocycles. The zero-order valence-electron chi connectivity index (χ0n) is 19.3. The summed E-state index contributed by atoms with van der Waals surface area (Å²) >= 11 is 0. The largest absolute Gasteiger partial charge is 0.481 e. The highest BCUT2D eigenvalue weighted by Crippen LogP contribution is 2.23. The number of rotatable bonds is 10. The SMILES string of the molecule is CCCC(=O)NC(C(=O)CF)C(C(=O)O)c1ccnn(Cc2cccc(C(C)(C)C)c2)c1=O. The summed E-state index contributed by atoms with van der Waals surface area (Å²) in [7, 11) is 0. The minimum Gasteiger partial charge on any atom is -0.481 e. The van der Waals surface area contributed by atoms with E-state index in [1.54, 1.807) is 6.92 Å². The smallest absolute Gasteiger partial charge is 0.313 e. The highest BCUT2D eigenvalue weighted by Gasteiger charge is 2.38. The van der Waals surface area contributed by atoms with Gasteiger partial charge < -0.3 is 10.4 Å². The van der Waals surface area contributed by atoms with E-state index in [9.17, 15) is 28.7 Å². The van der Waals surface area contributed by atoms with Crippen molar-refractivity contribution in [3.63, 3.8) is 0 Å². The number of aliphatic carboxylic acids is 1. The summed E-state index contributed by atoms with van der Waals surface area (Å²) in [6.07, 6.45) is 1.74. The number of aromatic nitrogens is 2. The Labute approximate surface area is 191 Å². The van der Waals surface area contributed by atoms with E-state index in [-0.39, 0.29) is 23.9 Å². The number of amides is 1. The van der Waals surface area contributed by atoms with Crippen LogP contribution in [-0.4, -0.2) is 45.3 Å². The van der Waals surface area contributed by atoms with Crippen LogP contribution in [0.15, 0.2) is 41.3 Å². The number of carbonyl (C=O) groups is 3. The summed E-state index contributed by atoms with van der Waals surface area (Å²) in [5.74, 6) is -4.99. The number of nitrogens with zero attached hydrogens (tertiary/aromatic N) is 2. The molecule has 2 aromatic rings. The van der Waals surface area contributed by atoms with E-state index in [1.165, 1.54) is 12.3 Å². The molecule has 2 unspecified atom stereocenters. The van der Waals surface area contributed by atoms with Crippen LogP contribution in [0.5, 0.6) is 0 Å². The fourth-order valence-corrected chi connectivity index (χ4v) is 3.49. The van der Waals surface area contributed by atoms with Gasteiger partial charge in [0.2, 0.25) is 5.91 Å². The van der Waals surface area contributed by atoms with Crippen molar-refractivity contribution in [3.05, 3.63) is 63.6 Å². The monoisotopic (exact) mass is 459 g/mol. The Kier molecular flexibility index (Phi) is 8.62. The van der Waals surface area contributed by atoms with E-state index in [1.807, 2.05) is 24.3 Å². The van der Waals surface area contributed by atoms with Crippen LogP contribution in [0.1, 0.15) is 63.1 Å². The van der Waals surface area contributed by atoms with E-state index in [4.69, 9.17) is 0 Å². The Bertz CT molecular complexity index is 1070. The van der Waals surface area contributed by atoms with Crippen LogP contribution in [0.2, 0.25) is 0 Å². The molecule has 0 aliphatic heterocycles. The van der Waals surface area contributed by atoms with Gasteiger partial charge in [-0.3, -0.25) is 19.2 Å². The van der Waals surface area contributed by atoms with Crippen molar-refractivity contribution in [2.45, 2.75) is 64.5 Å².